The Kier molecular flexibility index (Phi) is 4.06. The fraction of sp³-hybridized carbons (Fsp3) is 0.238. The zero-order valence-electron chi connectivity index (χ0n) is 15.7. The molecule has 152 valence electrons. The minimum Gasteiger partial charge on any atom is -0.458 e. The van der Waals surface area contributed by atoms with Crippen LogP contribution in [0.25, 0.3) is 5.57 Å². The van der Waals surface area contributed by atoms with E-state index >= 15 is 0 Å². The van der Waals surface area contributed by atoms with Crippen molar-refractivity contribution in [1.82, 2.24) is 4.57 Å². The van der Waals surface area contributed by atoms with Gasteiger partial charge in [-0.15, -0.1) is 0 Å². The number of esters is 1. The van der Waals surface area contributed by atoms with E-state index in [1.807, 2.05) is 12.1 Å². The molecule has 0 unspecified atom stereocenters. The lowest BCUT2D eigenvalue weighted by molar-refractivity contribution is -0.172. The fourth-order valence-electron chi connectivity index (χ4n) is 4.26. The molecule has 0 fully saturated rings. The lowest BCUT2D eigenvalue weighted by Crippen LogP contribution is -2.44. The van der Waals surface area contributed by atoms with Crippen LogP contribution in [0.4, 0.5) is 5.69 Å². The molecule has 0 bridgehead atoms. The first kappa shape index (κ1) is 19.2. The Morgan fingerprint density at radius 1 is 1.23 bits per heavy atom. The van der Waals surface area contributed by atoms with Crippen molar-refractivity contribution in [1.29, 1.82) is 0 Å². The molecule has 0 saturated heterocycles. The molecule has 0 saturated carbocycles. The van der Waals surface area contributed by atoms with Crippen molar-refractivity contribution in [2.45, 2.75) is 32.1 Å². The Morgan fingerprint density at radius 3 is 2.73 bits per heavy atom. The Balaban J connectivity index is 1.73. The third-order valence-electron chi connectivity index (χ3n) is 5.89. The molecule has 9 heteroatoms. The van der Waals surface area contributed by atoms with Crippen molar-refractivity contribution in [3.63, 3.8) is 0 Å². The van der Waals surface area contributed by atoms with Crippen LogP contribution >= 0.6 is 22.6 Å². The van der Waals surface area contributed by atoms with E-state index in [-0.39, 0.29) is 47.5 Å². The van der Waals surface area contributed by atoms with Gasteiger partial charge in [0.1, 0.15) is 6.61 Å². The number of aliphatic hydroxyl groups is 1. The highest BCUT2D eigenvalue weighted by molar-refractivity contribution is 14.1. The van der Waals surface area contributed by atoms with E-state index in [2.05, 4.69) is 27.9 Å². The first-order valence-corrected chi connectivity index (χ1v) is 10.4. The number of Topliss-reactive ketones (excluding diaryl/α,β-unsaturated/α-hetero) is 1. The summed E-state index contributed by atoms with van der Waals surface area (Å²) in [4.78, 5) is 51.1. The monoisotopic (exact) mass is 518 g/mol. The van der Waals surface area contributed by atoms with E-state index in [0.717, 1.165) is 3.57 Å². The van der Waals surface area contributed by atoms with Gasteiger partial charge in [-0.2, -0.15) is 0 Å². The summed E-state index contributed by atoms with van der Waals surface area (Å²) < 4.78 is 7.20. The number of hydrogen-bond acceptors (Lipinski definition) is 6. The number of aromatic nitrogens is 1. The molecular weight excluding hydrogens is 503 g/mol. The molecule has 5 rings (SSSR count). The van der Waals surface area contributed by atoms with Crippen LogP contribution in [0, 0.1) is 3.57 Å². The highest BCUT2D eigenvalue weighted by atomic mass is 127. The van der Waals surface area contributed by atoms with Crippen LogP contribution in [0.2, 0.25) is 0 Å². The standard InChI is InChI=1S/C21H15IN2O6/c1-2-21(29)13-6-15-17(25)11(7-24(15)19(27)12(13)8-30-20(21)28)16-10-5-9(22)3-4-14(10)23-18(16)26/h3-6,29H,2,7-8H2,1H3,(H,23,26)/b16-11+/t21-/m0/s1. The molecular formula is C21H15IN2O6. The fourth-order valence-corrected chi connectivity index (χ4v) is 4.75. The van der Waals surface area contributed by atoms with E-state index < -0.39 is 28.8 Å². The molecule has 1 aromatic heterocycles. The zero-order valence-corrected chi connectivity index (χ0v) is 17.9. The number of carbonyl (C=O) groups is 3. The van der Waals surface area contributed by atoms with E-state index in [4.69, 9.17) is 4.74 Å². The molecule has 30 heavy (non-hydrogen) atoms. The smallest absolute Gasteiger partial charge is 0.343 e. The Labute approximate surface area is 183 Å². The van der Waals surface area contributed by atoms with Crippen LogP contribution in [0.5, 0.6) is 0 Å². The number of anilines is 1. The summed E-state index contributed by atoms with van der Waals surface area (Å²) in [5.41, 5.74) is -0.515. The molecule has 8 nitrogen and oxygen atoms in total. The topological polar surface area (TPSA) is 115 Å². The van der Waals surface area contributed by atoms with Gasteiger partial charge in [0.05, 0.1) is 23.4 Å². The molecule has 2 aromatic rings. The molecule has 2 N–H and O–H groups in total. The molecule has 1 aromatic carbocycles. The number of nitrogens with zero attached hydrogens (tertiary/aromatic N) is 1. The number of rotatable bonds is 1. The van der Waals surface area contributed by atoms with Gasteiger partial charge in [0.2, 0.25) is 5.78 Å². The van der Waals surface area contributed by atoms with Crippen molar-refractivity contribution in [2.75, 3.05) is 5.32 Å². The van der Waals surface area contributed by atoms with Gasteiger partial charge in [-0.3, -0.25) is 14.4 Å². The van der Waals surface area contributed by atoms with E-state index in [9.17, 15) is 24.3 Å². The first-order valence-electron chi connectivity index (χ1n) is 9.32. The van der Waals surface area contributed by atoms with Crippen molar-refractivity contribution in [3.8, 4) is 0 Å². The van der Waals surface area contributed by atoms with E-state index in [1.54, 1.807) is 13.0 Å². The van der Waals surface area contributed by atoms with Crippen LogP contribution in [0.1, 0.15) is 40.5 Å². The molecule has 1 amide bonds. The van der Waals surface area contributed by atoms with Crippen molar-refractivity contribution in [2.24, 2.45) is 0 Å². The molecule has 3 aliphatic rings. The van der Waals surface area contributed by atoms with Crippen molar-refractivity contribution in [3.05, 3.63) is 66.1 Å². The third-order valence-corrected chi connectivity index (χ3v) is 6.56. The molecule has 0 spiro atoms. The number of fused-ring (bicyclic) bond motifs is 3. The van der Waals surface area contributed by atoms with E-state index in [1.165, 1.54) is 10.6 Å². The van der Waals surface area contributed by atoms with Crippen LogP contribution in [-0.4, -0.2) is 27.3 Å². The lowest BCUT2D eigenvalue weighted by atomic mass is 9.86. The molecule has 3 aliphatic heterocycles. The van der Waals surface area contributed by atoms with Gasteiger partial charge in [-0.25, -0.2) is 4.79 Å². The number of ketones is 1. The quantitative estimate of drug-likeness (QED) is 0.338. The van der Waals surface area contributed by atoms with Crippen LogP contribution in [0.15, 0.2) is 34.6 Å². The average molecular weight is 518 g/mol. The largest absolute Gasteiger partial charge is 0.458 e. The average Bonchev–Trinajstić information content (AvgIpc) is 3.21. The van der Waals surface area contributed by atoms with Gasteiger partial charge in [0.25, 0.3) is 11.5 Å². The summed E-state index contributed by atoms with van der Waals surface area (Å²) in [5, 5.41) is 13.6. The molecule has 0 aliphatic carbocycles. The molecule has 0 radical (unpaired) electrons. The van der Waals surface area contributed by atoms with Gasteiger partial charge < -0.3 is 19.7 Å². The second-order valence-electron chi connectivity index (χ2n) is 7.43. The minimum atomic E-state index is -1.98. The highest BCUT2D eigenvalue weighted by Gasteiger charge is 2.46. The van der Waals surface area contributed by atoms with E-state index in [0.29, 0.717) is 11.3 Å². The van der Waals surface area contributed by atoms with Crippen molar-refractivity contribution < 1.29 is 24.2 Å². The number of nitrogens with one attached hydrogen (secondary N) is 1. The van der Waals surface area contributed by atoms with Gasteiger partial charge in [-0.1, -0.05) is 6.92 Å². The second kappa shape index (κ2) is 6.35. The maximum atomic E-state index is 13.2. The summed E-state index contributed by atoms with van der Waals surface area (Å²) in [7, 11) is 0. The number of allylic oxidation sites excluding steroid dienone is 1. The number of hydrogen-bond donors (Lipinski definition) is 2. The number of benzene rings is 1. The number of ether oxygens (including phenoxy) is 1. The minimum absolute atomic E-state index is 0.00190. The number of cyclic esters (lactones) is 1. The predicted octanol–water partition coefficient (Wildman–Crippen LogP) is 1.71. The van der Waals surface area contributed by atoms with Gasteiger partial charge in [-0.05, 0) is 53.3 Å². The van der Waals surface area contributed by atoms with Gasteiger partial charge >= 0.3 is 5.97 Å². The number of halogens is 1. The second-order valence-corrected chi connectivity index (χ2v) is 8.68. The highest BCUT2D eigenvalue weighted by Crippen LogP contribution is 2.39. The number of pyridine rings is 1. The molecule has 1 atom stereocenters. The SMILES string of the molecule is CC[C@@]1(O)C(=O)OCc2c1cc1n(c2=O)C/C(=C2\C(=O)Nc3ccc(I)cc32)C1=O. The maximum absolute atomic E-state index is 13.2. The lowest BCUT2D eigenvalue weighted by Gasteiger charge is -2.31. The zero-order chi connectivity index (χ0) is 21.4. The Bertz CT molecular complexity index is 1290. The first-order chi connectivity index (χ1) is 14.3. The van der Waals surface area contributed by atoms with Gasteiger partial charge in [0.15, 0.2) is 5.60 Å². The summed E-state index contributed by atoms with van der Waals surface area (Å²) in [6.45, 7) is 1.27. The van der Waals surface area contributed by atoms with Crippen molar-refractivity contribution >= 4 is 51.5 Å². The van der Waals surface area contributed by atoms with Gasteiger partial charge in [0, 0.05) is 26.0 Å². The Hall–Kier alpha value is -2.79. The summed E-state index contributed by atoms with van der Waals surface area (Å²) in [5.74, 6) is -1.71. The number of carbonyl (C=O) groups excluding carboxylic acids is 3. The summed E-state index contributed by atoms with van der Waals surface area (Å²) >= 11 is 2.12. The number of amides is 1. The van der Waals surface area contributed by atoms with Crippen LogP contribution in [0.3, 0.4) is 0 Å². The molecule has 4 heterocycles. The summed E-state index contributed by atoms with van der Waals surface area (Å²) in [6.07, 6.45) is -0.00190. The maximum Gasteiger partial charge on any atom is 0.343 e. The van der Waals surface area contributed by atoms with Crippen LogP contribution in [-0.2, 0) is 33.1 Å². The van der Waals surface area contributed by atoms with Crippen LogP contribution < -0.4 is 10.9 Å². The third kappa shape index (κ3) is 2.42. The predicted molar refractivity (Wildman–Crippen MR) is 114 cm³/mol. The Morgan fingerprint density at radius 2 is 2.00 bits per heavy atom. The normalized spacial score (nSPS) is 24.3. The summed E-state index contributed by atoms with van der Waals surface area (Å²) in [6, 6.07) is 6.81.